The SMILES string of the molecule is CCCCc1ccc(-c2csc(/C(C#N)=C/c3cc(OCC)cc(OCC)c3)n2)cc1. The highest BCUT2D eigenvalue weighted by Crippen LogP contribution is 2.30. The van der Waals surface area contributed by atoms with E-state index in [4.69, 9.17) is 14.5 Å². The summed E-state index contributed by atoms with van der Waals surface area (Å²) in [5.74, 6) is 1.44. The number of nitriles is 1. The molecule has 0 aliphatic carbocycles. The molecule has 0 atom stereocenters. The minimum Gasteiger partial charge on any atom is -0.494 e. The lowest BCUT2D eigenvalue weighted by Crippen LogP contribution is -1.96. The van der Waals surface area contributed by atoms with Crippen molar-refractivity contribution in [3.8, 4) is 28.8 Å². The van der Waals surface area contributed by atoms with E-state index in [-0.39, 0.29) is 0 Å². The van der Waals surface area contributed by atoms with Crippen molar-refractivity contribution in [1.29, 1.82) is 5.26 Å². The Morgan fingerprint density at radius 1 is 1.03 bits per heavy atom. The smallest absolute Gasteiger partial charge is 0.134 e. The van der Waals surface area contributed by atoms with Crippen molar-refractivity contribution in [3.05, 3.63) is 64.0 Å². The molecule has 160 valence electrons. The van der Waals surface area contributed by atoms with Gasteiger partial charge in [0.25, 0.3) is 0 Å². The molecule has 0 aliphatic heterocycles. The summed E-state index contributed by atoms with van der Waals surface area (Å²) < 4.78 is 11.3. The summed E-state index contributed by atoms with van der Waals surface area (Å²) in [5, 5.41) is 12.5. The molecule has 3 aromatic rings. The third-order valence-electron chi connectivity index (χ3n) is 4.76. The fourth-order valence-corrected chi connectivity index (χ4v) is 4.03. The molecule has 3 rings (SSSR count). The number of allylic oxidation sites excluding steroid dienone is 1. The first-order valence-corrected chi connectivity index (χ1v) is 11.6. The zero-order chi connectivity index (χ0) is 22.1. The van der Waals surface area contributed by atoms with Gasteiger partial charge in [0, 0.05) is 17.0 Å². The molecule has 0 amide bonds. The van der Waals surface area contributed by atoms with Crippen LogP contribution >= 0.6 is 11.3 Å². The monoisotopic (exact) mass is 432 g/mol. The molecule has 0 bridgehead atoms. The van der Waals surface area contributed by atoms with Gasteiger partial charge in [-0.3, -0.25) is 0 Å². The van der Waals surface area contributed by atoms with Crippen molar-refractivity contribution in [1.82, 2.24) is 4.98 Å². The Morgan fingerprint density at radius 2 is 1.71 bits per heavy atom. The second-order valence-electron chi connectivity index (χ2n) is 7.11. The molecule has 1 heterocycles. The summed E-state index contributed by atoms with van der Waals surface area (Å²) in [6, 6.07) is 16.5. The minimum absolute atomic E-state index is 0.520. The summed E-state index contributed by atoms with van der Waals surface area (Å²) in [6.07, 6.45) is 5.33. The molecule has 2 aromatic carbocycles. The molecule has 1 aromatic heterocycles. The number of hydrogen-bond donors (Lipinski definition) is 0. The minimum atomic E-state index is 0.520. The van der Waals surface area contributed by atoms with Gasteiger partial charge in [-0.05, 0) is 56.0 Å². The Kier molecular flexibility index (Phi) is 8.26. The molecule has 0 saturated heterocycles. The highest BCUT2D eigenvalue weighted by molar-refractivity contribution is 7.11. The van der Waals surface area contributed by atoms with Gasteiger partial charge >= 0.3 is 0 Å². The zero-order valence-corrected chi connectivity index (χ0v) is 19.2. The lowest BCUT2D eigenvalue weighted by Gasteiger charge is -2.09. The van der Waals surface area contributed by atoms with E-state index >= 15 is 0 Å². The number of nitrogens with zero attached hydrogens (tertiary/aromatic N) is 2. The van der Waals surface area contributed by atoms with Gasteiger partial charge in [0.05, 0.1) is 24.5 Å². The maximum atomic E-state index is 9.77. The van der Waals surface area contributed by atoms with Crippen LogP contribution in [0.3, 0.4) is 0 Å². The molecule has 0 unspecified atom stereocenters. The lowest BCUT2D eigenvalue weighted by atomic mass is 10.1. The summed E-state index contributed by atoms with van der Waals surface area (Å²) in [5.41, 5.74) is 4.67. The fraction of sp³-hybridized carbons (Fsp3) is 0.308. The predicted octanol–water partition coefficient (Wildman–Crippen LogP) is 7.01. The number of rotatable bonds is 10. The van der Waals surface area contributed by atoms with Gasteiger partial charge in [-0.1, -0.05) is 37.6 Å². The Hall–Kier alpha value is -3.10. The quantitative estimate of drug-likeness (QED) is 0.323. The van der Waals surface area contributed by atoms with Crippen LogP contribution in [0.1, 0.15) is 49.7 Å². The number of ether oxygens (including phenoxy) is 2. The molecule has 0 radical (unpaired) electrons. The van der Waals surface area contributed by atoms with Crippen LogP contribution in [-0.2, 0) is 6.42 Å². The van der Waals surface area contributed by atoms with Gasteiger partial charge in [0.1, 0.15) is 22.6 Å². The average molecular weight is 433 g/mol. The number of unbranched alkanes of at least 4 members (excludes halogenated alkanes) is 1. The number of hydrogen-bond acceptors (Lipinski definition) is 5. The molecule has 0 saturated carbocycles. The van der Waals surface area contributed by atoms with E-state index in [9.17, 15) is 5.26 Å². The van der Waals surface area contributed by atoms with E-state index in [1.165, 1.54) is 29.7 Å². The molecule has 5 heteroatoms. The Labute approximate surface area is 188 Å². The van der Waals surface area contributed by atoms with Gasteiger partial charge in [0.15, 0.2) is 0 Å². The van der Waals surface area contributed by atoms with Crippen molar-refractivity contribution in [2.45, 2.75) is 40.0 Å². The van der Waals surface area contributed by atoms with E-state index in [0.29, 0.717) is 23.8 Å². The topological polar surface area (TPSA) is 55.1 Å². The lowest BCUT2D eigenvalue weighted by molar-refractivity contribution is 0.323. The van der Waals surface area contributed by atoms with Crippen molar-refractivity contribution in [2.75, 3.05) is 13.2 Å². The molecular formula is C26H28N2O2S. The molecule has 0 spiro atoms. The van der Waals surface area contributed by atoms with Crippen LogP contribution in [-0.4, -0.2) is 18.2 Å². The van der Waals surface area contributed by atoms with E-state index in [0.717, 1.165) is 34.7 Å². The van der Waals surface area contributed by atoms with Crippen LogP contribution in [0.15, 0.2) is 47.8 Å². The number of aromatic nitrogens is 1. The highest BCUT2D eigenvalue weighted by atomic mass is 32.1. The van der Waals surface area contributed by atoms with E-state index in [2.05, 4.69) is 37.3 Å². The Bertz CT molecular complexity index is 1040. The molecule has 0 fully saturated rings. The van der Waals surface area contributed by atoms with Crippen LogP contribution in [0.5, 0.6) is 11.5 Å². The number of benzene rings is 2. The van der Waals surface area contributed by atoms with Crippen LogP contribution in [0.2, 0.25) is 0 Å². The van der Waals surface area contributed by atoms with E-state index in [1.54, 1.807) is 0 Å². The number of thiazole rings is 1. The van der Waals surface area contributed by atoms with Crippen molar-refractivity contribution in [2.24, 2.45) is 0 Å². The fourth-order valence-electron chi connectivity index (χ4n) is 3.24. The van der Waals surface area contributed by atoms with Gasteiger partial charge < -0.3 is 9.47 Å². The summed E-state index contributed by atoms with van der Waals surface area (Å²) in [7, 11) is 0. The third-order valence-corrected chi connectivity index (χ3v) is 5.63. The maximum absolute atomic E-state index is 9.77. The summed E-state index contributed by atoms with van der Waals surface area (Å²) >= 11 is 1.48. The van der Waals surface area contributed by atoms with E-state index in [1.807, 2.05) is 43.5 Å². The molecule has 0 aliphatic rings. The van der Waals surface area contributed by atoms with E-state index < -0.39 is 0 Å². The first-order chi connectivity index (χ1) is 15.2. The largest absolute Gasteiger partial charge is 0.494 e. The standard InChI is InChI=1S/C26H28N2O2S/c1-4-7-8-19-9-11-21(12-10-19)25-18-31-26(28-25)22(17-27)13-20-14-23(29-5-2)16-24(15-20)30-6-3/h9-16,18H,4-8H2,1-3H3/b22-13+. The maximum Gasteiger partial charge on any atom is 0.134 e. The zero-order valence-electron chi connectivity index (χ0n) is 18.4. The summed E-state index contributed by atoms with van der Waals surface area (Å²) in [6.45, 7) is 7.22. The third kappa shape index (κ3) is 6.19. The van der Waals surface area contributed by atoms with Gasteiger partial charge in [-0.2, -0.15) is 5.26 Å². The predicted molar refractivity (Wildman–Crippen MR) is 128 cm³/mol. The molecule has 0 N–H and O–H groups in total. The van der Waals surface area contributed by atoms with Crippen molar-refractivity contribution >= 4 is 23.0 Å². The first-order valence-electron chi connectivity index (χ1n) is 10.7. The van der Waals surface area contributed by atoms with Gasteiger partial charge in [0.2, 0.25) is 0 Å². The Morgan fingerprint density at radius 3 is 2.29 bits per heavy atom. The molecule has 31 heavy (non-hydrogen) atoms. The average Bonchev–Trinajstić information content (AvgIpc) is 3.27. The molecule has 4 nitrogen and oxygen atoms in total. The van der Waals surface area contributed by atoms with Crippen LogP contribution in [0.4, 0.5) is 0 Å². The molecular weight excluding hydrogens is 404 g/mol. The normalized spacial score (nSPS) is 11.2. The summed E-state index contributed by atoms with van der Waals surface area (Å²) in [4.78, 5) is 4.72. The van der Waals surface area contributed by atoms with Crippen molar-refractivity contribution < 1.29 is 9.47 Å². The highest BCUT2D eigenvalue weighted by Gasteiger charge is 2.10. The Balaban J connectivity index is 1.86. The second-order valence-corrected chi connectivity index (χ2v) is 7.97. The van der Waals surface area contributed by atoms with Crippen LogP contribution < -0.4 is 9.47 Å². The van der Waals surface area contributed by atoms with Crippen LogP contribution in [0.25, 0.3) is 22.9 Å². The van der Waals surface area contributed by atoms with Gasteiger partial charge in [-0.25, -0.2) is 4.98 Å². The first kappa shape index (κ1) is 22.6. The number of aryl methyl sites for hydroxylation is 1. The van der Waals surface area contributed by atoms with Gasteiger partial charge in [-0.15, -0.1) is 11.3 Å². The second kappa shape index (κ2) is 11.3. The van der Waals surface area contributed by atoms with Crippen molar-refractivity contribution in [3.63, 3.8) is 0 Å². The van der Waals surface area contributed by atoms with Crippen LogP contribution in [0, 0.1) is 11.3 Å².